The quantitative estimate of drug-likeness (QED) is 0.375. The average Bonchev–Trinajstić information content (AvgIpc) is 3.22. The fourth-order valence-electron chi connectivity index (χ4n) is 3.86. The Morgan fingerprint density at radius 3 is 2.58 bits per heavy atom. The Balaban J connectivity index is 2.18. The number of aryl methyl sites for hydroxylation is 2. The molecule has 0 spiro atoms. The van der Waals surface area contributed by atoms with Crippen LogP contribution in [0.4, 0.5) is 0 Å². The number of ether oxygens (including phenoxy) is 1. The Morgan fingerprint density at radius 2 is 2.00 bits per heavy atom. The molecule has 6 nitrogen and oxygen atoms in total. The van der Waals surface area contributed by atoms with Crippen molar-refractivity contribution in [3.05, 3.63) is 55.7 Å². The normalized spacial score (nSPS) is 18.3. The average molecular weight is 463 g/mol. The van der Waals surface area contributed by atoms with Crippen LogP contribution >= 0.6 is 22.9 Å². The smallest absolute Gasteiger partial charge is 0.295 e. The molecule has 1 aliphatic rings. The second kappa shape index (κ2) is 9.42. The van der Waals surface area contributed by atoms with E-state index in [-0.39, 0.29) is 17.1 Å². The highest BCUT2D eigenvalue weighted by Gasteiger charge is 2.47. The monoisotopic (exact) mass is 462 g/mol. The van der Waals surface area contributed by atoms with E-state index in [4.69, 9.17) is 16.3 Å². The molecule has 1 atom stereocenters. The van der Waals surface area contributed by atoms with Gasteiger partial charge in [-0.15, -0.1) is 11.3 Å². The van der Waals surface area contributed by atoms with Gasteiger partial charge in [0.05, 0.1) is 29.3 Å². The van der Waals surface area contributed by atoms with E-state index in [1.807, 2.05) is 44.3 Å². The first kappa shape index (κ1) is 23.3. The third kappa shape index (κ3) is 4.49. The van der Waals surface area contributed by atoms with Crippen molar-refractivity contribution < 1.29 is 19.4 Å². The van der Waals surface area contributed by atoms with E-state index in [0.717, 1.165) is 22.5 Å². The summed E-state index contributed by atoms with van der Waals surface area (Å²) in [5, 5.41) is 13.6. The molecule has 2 heterocycles. The summed E-state index contributed by atoms with van der Waals surface area (Å²) >= 11 is 7.78. The Labute approximate surface area is 191 Å². The van der Waals surface area contributed by atoms with E-state index in [1.54, 1.807) is 17.0 Å². The zero-order valence-electron chi connectivity index (χ0n) is 18.4. The zero-order valence-corrected chi connectivity index (χ0v) is 19.9. The number of halogens is 1. The summed E-state index contributed by atoms with van der Waals surface area (Å²) in [5.74, 6) is -1.30. The van der Waals surface area contributed by atoms with Crippen LogP contribution in [0, 0.1) is 13.8 Å². The highest BCUT2D eigenvalue weighted by atomic mass is 35.5. The topological polar surface area (TPSA) is 70.1 Å². The molecule has 3 rings (SSSR count). The number of benzene rings is 1. The number of methoxy groups -OCH3 is 1. The van der Waals surface area contributed by atoms with Gasteiger partial charge in [-0.3, -0.25) is 9.59 Å². The van der Waals surface area contributed by atoms with Gasteiger partial charge in [0.1, 0.15) is 11.5 Å². The van der Waals surface area contributed by atoms with Crippen molar-refractivity contribution in [3.63, 3.8) is 0 Å². The summed E-state index contributed by atoms with van der Waals surface area (Å²) in [7, 11) is 5.37. The van der Waals surface area contributed by atoms with Crippen molar-refractivity contribution in [2.24, 2.45) is 0 Å². The molecular formula is C23H27ClN2O4S. The van der Waals surface area contributed by atoms with Gasteiger partial charge in [-0.25, -0.2) is 0 Å². The predicted molar refractivity (Wildman–Crippen MR) is 124 cm³/mol. The van der Waals surface area contributed by atoms with Gasteiger partial charge in [0.15, 0.2) is 0 Å². The first-order valence-electron chi connectivity index (χ1n) is 9.99. The molecule has 1 fully saturated rings. The van der Waals surface area contributed by atoms with Crippen molar-refractivity contribution in [2.75, 3.05) is 34.3 Å². The molecule has 0 bridgehead atoms. The number of hydrogen-bond acceptors (Lipinski definition) is 6. The van der Waals surface area contributed by atoms with Crippen LogP contribution in [-0.2, 0) is 9.59 Å². The maximum Gasteiger partial charge on any atom is 0.295 e. The van der Waals surface area contributed by atoms with Crippen LogP contribution in [0.1, 0.15) is 34.0 Å². The molecule has 1 saturated heterocycles. The summed E-state index contributed by atoms with van der Waals surface area (Å²) < 4.78 is 5.40. The lowest BCUT2D eigenvalue weighted by molar-refractivity contribution is -0.139. The van der Waals surface area contributed by atoms with Crippen LogP contribution in [0.5, 0.6) is 5.75 Å². The van der Waals surface area contributed by atoms with Gasteiger partial charge in [-0.1, -0.05) is 11.6 Å². The van der Waals surface area contributed by atoms with Crippen LogP contribution in [-0.4, -0.2) is 60.9 Å². The van der Waals surface area contributed by atoms with E-state index in [1.165, 1.54) is 18.4 Å². The van der Waals surface area contributed by atoms with Gasteiger partial charge in [0.2, 0.25) is 0 Å². The van der Waals surface area contributed by atoms with Gasteiger partial charge in [0, 0.05) is 11.4 Å². The number of ketones is 1. The van der Waals surface area contributed by atoms with Crippen LogP contribution in [0.3, 0.4) is 0 Å². The lowest BCUT2D eigenvalue weighted by atomic mass is 9.97. The van der Waals surface area contributed by atoms with Gasteiger partial charge in [-0.2, -0.15) is 0 Å². The molecule has 1 aliphatic heterocycles. The number of amides is 1. The SMILES string of the molecule is COc1c(Cl)cc(C)cc1/C(O)=C1\C(=O)C(=O)N(CCCN(C)C)C1c1sccc1C. The molecule has 1 aromatic carbocycles. The Hall–Kier alpha value is -2.35. The van der Waals surface area contributed by atoms with Gasteiger partial charge < -0.3 is 19.6 Å². The summed E-state index contributed by atoms with van der Waals surface area (Å²) in [6.07, 6.45) is 0.709. The molecule has 166 valence electrons. The second-order valence-corrected chi connectivity index (χ2v) is 9.30. The van der Waals surface area contributed by atoms with Gasteiger partial charge in [-0.05, 0) is 75.6 Å². The number of likely N-dealkylation sites (tertiary alicyclic amines) is 1. The minimum absolute atomic E-state index is 0.0698. The number of Topliss-reactive ketones (excluding diaryl/α,β-unsaturated/α-hetero) is 1. The van der Waals surface area contributed by atoms with E-state index in [2.05, 4.69) is 0 Å². The summed E-state index contributed by atoms with van der Waals surface area (Å²) in [6, 6.07) is 4.73. The molecular weight excluding hydrogens is 436 g/mol. The molecule has 0 radical (unpaired) electrons. The standard InChI is InChI=1S/C23H27ClN2O4S/c1-13-11-15(21(30-5)16(24)12-13)19(27)17-18(22-14(2)7-10-31-22)26(23(29)20(17)28)9-6-8-25(3)4/h7,10-12,18,27H,6,8-9H2,1-5H3/b19-17+. The maximum atomic E-state index is 13.1. The fourth-order valence-corrected chi connectivity index (χ4v) is 5.26. The van der Waals surface area contributed by atoms with Crippen molar-refractivity contribution >= 4 is 40.4 Å². The second-order valence-electron chi connectivity index (χ2n) is 7.94. The highest BCUT2D eigenvalue weighted by molar-refractivity contribution is 7.10. The zero-order chi connectivity index (χ0) is 22.9. The number of thiophene rings is 1. The van der Waals surface area contributed by atoms with E-state index >= 15 is 0 Å². The predicted octanol–water partition coefficient (Wildman–Crippen LogP) is 4.40. The number of nitrogens with zero attached hydrogens (tertiary/aromatic N) is 2. The molecule has 1 amide bonds. The van der Waals surface area contributed by atoms with Gasteiger partial charge in [0.25, 0.3) is 11.7 Å². The molecule has 2 aromatic rings. The fraction of sp³-hybridized carbons (Fsp3) is 0.391. The molecule has 1 aromatic heterocycles. The Kier molecular flexibility index (Phi) is 7.09. The van der Waals surface area contributed by atoms with E-state index in [0.29, 0.717) is 23.6 Å². The largest absolute Gasteiger partial charge is 0.507 e. The van der Waals surface area contributed by atoms with Crippen molar-refractivity contribution in [1.29, 1.82) is 0 Å². The number of carbonyl (C=O) groups excluding carboxylic acids is 2. The van der Waals surface area contributed by atoms with E-state index in [9.17, 15) is 14.7 Å². The van der Waals surface area contributed by atoms with Crippen LogP contribution in [0.15, 0.2) is 29.2 Å². The van der Waals surface area contributed by atoms with Crippen LogP contribution in [0.2, 0.25) is 5.02 Å². The first-order chi connectivity index (χ1) is 14.7. The molecule has 1 N–H and O–H groups in total. The van der Waals surface area contributed by atoms with Crippen molar-refractivity contribution in [2.45, 2.75) is 26.3 Å². The third-order valence-corrected chi connectivity index (χ3v) is 6.69. The lowest BCUT2D eigenvalue weighted by Gasteiger charge is -2.25. The number of carbonyl (C=O) groups is 2. The summed E-state index contributed by atoms with van der Waals surface area (Å²) in [6.45, 7) is 4.96. The first-order valence-corrected chi connectivity index (χ1v) is 11.2. The molecule has 1 unspecified atom stereocenters. The number of rotatable bonds is 7. The third-order valence-electron chi connectivity index (χ3n) is 5.34. The number of aliphatic hydroxyl groups excluding tert-OH is 1. The van der Waals surface area contributed by atoms with Gasteiger partial charge >= 0.3 is 0 Å². The Morgan fingerprint density at radius 1 is 1.29 bits per heavy atom. The van der Waals surface area contributed by atoms with E-state index < -0.39 is 17.7 Å². The molecule has 0 aliphatic carbocycles. The maximum absolute atomic E-state index is 13.1. The summed E-state index contributed by atoms with van der Waals surface area (Å²) in [5.41, 5.74) is 2.14. The highest BCUT2D eigenvalue weighted by Crippen LogP contribution is 2.44. The Bertz CT molecular complexity index is 1040. The molecule has 31 heavy (non-hydrogen) atoms. The lowest BCUT2D eigenvalue weighted by Crippen LogP contribution is -2.32. The molecule has 8 heteroatoms. The van der Waals surface area contributed by atoms with Crippen LogP contribution < -0.4 is 4.74 Å². The number of hydrogen-bond donors (Lipinski definition) is 1. The minimum Gasteiger partial charge on any atom is -0.507 e. The number of aliphatic hydroxyl groups is 1. The van der Waals surface area contributed by atoms with Crippen molar-refractivity contribution in [3.8, 4) is 5.75 Å². The van der Waals surface area contributed by atoms with Crippen LogP contribution in [0.25, 0.3) is 5.76 Å². The minimum atomic E-state index is -0.695. The molecule has 0 saturated carbocycles. The summed E-state index contributed by atoms with van der Waals surface area (Å²) in [4.78, 5) is 30.6. The van der Waals surface area contributed by atoms with Crippen molar-refractivity contribution in [1.82, 2.24) is 9.80 Å².